The number of rotatable bonds is 7. The maximum atomic E-state index is 12.9. The predicted molar refractivity (Wildman–Crippen MR) is 97.2 cm³/mol. The monoisotopic (exact) mass is 465 g/mol. The fraction of sp³-hybridized carbons (Fsp3) is 0.188. The van der Waals surface area contributed by atoms with Crippen LogP contribution in [0.2, 0.25) is 0 Å². The van der Waals surface area contributed by atoms with Crippen LogP contribution >= 0.6 is 15.9 Å². The molecule has 0 aliphatic heterocycles. The first-order valence-electron chi connectivity index (χ1n) is 7.56. The average Bonchev–Trinajstić information content (AvgIpc) is 2.59. The second-order valence-corrected chi connectivity index (χ2v) is 8.00. The molecule has 2 aromatic rings. The molecule has 0 heterocycles. The molecule has 27 heavy (non-hydrogen) atoms. The van der Waals surface area contributed by atoms with Crippen molar-refractivity contribution in [3.63, 3.8) is 0 Å². The lowest BCUT2D eigenvalue weighted by molar-refractivity contribution is -0.137. The number of sulfonamides is 1. The summed E-state index contributed by atoms with van der Waals surface area (Å²) < 4.78 is 65.7. The maximum Gasteiger partial charge on any atom is 0.418 e. The smallest absolute Gasteiger partial charge is 0.298 e. The molecule has 0 spiro atoms. The molecule has 3 N–H and O–H groups in total. The molecule has 11 heteroatoms. The van der Waals surface area contributed by atoms with Crippen molar-refractivity contribution in [3.8, 4) is 0 Å². The van der Waals surface area contributed by atoms with Crippen molar-refractivity contribution >= 4 is 37.5 Å². The lowest BCUT2D eigenvalue weighted by atomic mass is 10.2. The van der Waals surface area contributed by atoms with Crippen LogP contribution in [0, 0.1) is 0 Å². The number of hydrogen-bond acceptors (Lipinski definition) is 4. The van der Waals surface area contributed by atoms with Gasteiger partial charge in [-0.15, -0.1) is 0 Å². The van der Waals surface area contributed by atoms with E-state index in [9.17, 15) is 26.4 Å². The van der Waals surface area contributed by atoms with Gasteiger partial charge in [-0.05, 0) is 36.4 Å². The van der Waals surface area contributed by atoms with Gasteiger partial charge in [-0.3, -0.25) is 15.6 Å². The predicted octanol–water partition coefficient (Wildman–Crippen LogP) is 3.28. The number of anilines is 1. The summed E-state index contributed by atoms with van der Waals surface area (Å²) in [5.74, 6) is -0.675. The summed E-state index contributed by atoms with van der Waals surface area (Å²) in [4.78, 5) is 11.8. The highest BCUT2D eigenvalue weighted by atomic mass is 79.9. The van der Waals surface area contributed by atoms with Crippen LogP contribution in [0.5, 0.6) is 0 Å². The average molecular weight is 466 g/mol. The summed E-state index contributed by atoms with van der Waals surface area (Å²) >= 11 is 3.19. The van der Waals surface area contributed by atoms with Crippen LogP contribution in [0.25, 0.3) is 0 Å². The minimum absolute atomic E-state index is 0.0309. The van der Waals surface area contributed by atoms with Crippen LogP contribution in [-0.4, -0.2) is 20.9 Å². The molecule has 0 aromatic heterocycles. The molecule has 0 bridgehead atoms. The van der Waals surface area contributed by atoms with Gasteiger partial charge in [-0.1, -0.05) is 28.1 Å². The zero-order chi connectivity index (χ0) is 20.1. The second kappa shape index (κ2) is 8.72. The van der Waals surface area contributed by atoms with Crippen LogP contribution in [0.4, 0.5) is 18.9 Å². The van der Waals surface area contributed by atoms with E-state index >= 15 is 0 Å². The third kappa shape index (κ3) is 6.22. The van der Waals surface area contributed by atoms with E-state index in [4.69, 9.17) is 0 Å². The fourth-order valence-electron chi connectivity index (χ4n) is 2.03. The maximum absolute atomic E-state index is 12.9. The topological polar surface area (TPSA) is 87.3 Å². The second-order valence-electron chi connectivity index (χ2n) is 5.32. The first kappa shape index (κ1) is 21.2. The number of nitrogens with one attached hydrogen (secondary N) is 3. The Bertz CT molecular complexity index is 903. The van der Waals surface area contributed by atoms with Crippen molar-refractivity contribution in [1.29, 1.82) is 0 Å². The third-order valence-corrected chi connectivity index (χ3v) is 5.34. The molecule has 0 saturated carbocycles. The Kier molecular flexibility index (Phi) is 6.84. The molecule has 0 aliphatic rings. The van der Waals surface area contributed by atoms with Gasteiger partial charge in [0.05, 0.1) is 16.1 Å². The molecular weight excluding hydrogens is 451 g/mol. The quantitative estimate of drug-likeness (QED) is 0.547. The molecule has 2 aromatic carbocycles. The Morgan fingerprint density at radius 1 is 1.04 bits per heavy atom. The Morgan fingerprint density at radius 3 is 2.30 bits per heavy atom. The summed E-state index contributed by atoms with van der Waals surface area (Å²) in [6.45, 7) is -0.215. The van der Waals surface area contributed by atoms with Gasteiger partial charge >= 0.3 is 6.18 Å². The molecule has 0 aliphatic carbocycles. The lowest BCUT2D eigenvalue weighted by Gasteiger charge is -2.15. The van der Waals surface area contributed by atoms with E-state index < -0.39 is 27.7 Å². The van der Waals surface area contributed by atoms with Gasteiger partial charge < -0.3 is 0 Å². The van der Waals surface area contributed by atoms with E-state index in [1.807, 2.05) is 0 Å². The zero-order valence-electron chi connectivity index (χ0n) is 13.7. The van der Waals surface area contributed by atoms with Crippen LogP contribution in [0.15, 0.2) is 57.9 Å². The van der Waals surface area contributed by atoms with Crippen LogP contribution in [-0.2, 0) is 21.0 Å². The Morgan fingerprint density at radius 2 is 1.67 bits per heavy atom. The van der Waals surface area contributed by atoms with Gasteiger partial charge in [0, 0.05) is 17.4 Å². The summed E-state index contributed by atoms with van der Waals surface area (Å²) in [5.41, 5.74) is 3.08. The zero-order valence-corrected chi connectivity index (χ0v) is 16.1. The van der Waals surface area contributed by atoms with Crippen LogP contribution < -0.4 is 15.6 Å². The molecule has 1 amide bonds. The van der Waals surface area contributed by atoms with E-state index in [1.165, 1.54) is 30.3 Å². The Labute approximate surface area is 162 Å². The Balaban J connectivity index is 1.86. The number of para-hydroxylation sites is 1. The van der Waals surface area contributed by atoms with Crippen molar-refractivity contribution in [2.45, 2.75) is 17.5 Å². The summed E-state index contributed by atoms with van der Waals surface area (Å²) in [5, 5.41) is 0. The van der Waals surface area contributed by atoms with Crippen molar-refractivity contribution in [3.05, 3.63) is 58.6 Å². The number of benzene rings is 2. The summed E-state index contributed by atoms with van der Waals surface area (Å²) in [6.07, 6.45) is -4.84. The standard InChI is InChI=1S/C16H15BrF3N3O3S/c17-11-5-7-12(8-6-11)27(25,26)21-10-9-15(24)23-22-14-4-2-1-3-13(14)16(18,19)20/h1-8,21-22H,9-10H2,(H,23,24). The first-order valence-corrected chi connectivity index (χ1v) is 9.83. The first-order chi connectivity index (χ1) is 12.6. The highest BCUT2D eigenvalue weighted by molar-refractivity contribution is 9.10. The van der Waals surface area contributed by atoms with Crippen molar-refractivity contribution in [2.75, 3.05) is 12.0 Å². The van der Waals surface area contributed by atoms with Gasteiger partial charge in [-0.25, -0.2) is 13.1 Å². The molecule has 0 saturated heterocycles. The SMILES string of the molecule is O=C(CCNS(=O)(=O)c1ccc(Br)cc1)NNc1ccccc1C(F)(F)F. The van der Waals surface area contributed by atoms with E-state index in [-0.39, 0.29) is 23.5 Å². The van der Waals surface area contributed by atoms with Crippen LogP contribution in [0.3, 0.4) is 0 Å². The largest absolute Gasteiger partial charge is 0.418 e. The van der Waals surface area contributed by atoms with E-state index in [2.05, 4.69) is 31.5 Å². The van der Waals surface area contributed by atoms with E-state index in [1.54, 1.807) is 12.1 Å². The number of hydrogen-bond donors (Lipinski definition) is 3. The number of carbonyl (C=O) groups is 1. The van der Waals surface area contributed by atoms with Crippen LogP contribution in [0.1, 0.15) is 12.0 Å². The minimum atomic E-state index is -4.57. The number of hydrazine groups is 1. The van der Waals surface area contributed by atoms with Gasteiger partial charge in [0.25, 0.3) is 0 Å². The summed E-state index contributed by atoms with van der Waals surface area (Å²) in [7, 11) is -3.79. The Hall–Kier alpha value is -2.11. The third-order valence-electron chi connectivity index (χ3n) is 3.34. The molecule has 0 atom stereocenters. The molecular formula is C16H15BrF3N3O3S. The molecule has 6 nitrogen and oxygen atoms in total. The number of alkyl halides is 3. The highest BCUT2D eigenvalue weighted by Gasteiger charge is 2.33. The van der Waals surface area contributed by atoms with E-state index in [0.29, 0.717) is 4.47 Å². The molecule has 0 radical (unpaired) electrons. The summed E-state index contributed by atoms with van der Waals surface area (Å²) in [6, 6.07) is 10.6. The van der Waals surface area contributed by atoms with E-state index in [0.717, 1.165) is 6.07 Å². The fourth-order valence-corrected chi connectivity index (χ4v) is 3.33. The molecule has 0 unspecified atom stereocenters. The van der Waals surface area contributed by atoms with Crippen molar-refractivity contribution < 1.29 is 26.4 Å². The number of halogens is 4. The normalized spacial score (nSPS) is 11.9. The lowest BCUT2D eigenvalue weighted by Crippen LogP contribution is -2.34. The molecule has 146 valence electrons. The number of carbonyl (C=O) groups excluding carboxylic acids is 1. The van der Waals surface area contributed by atoms with Crippen molar-refractivity contribution in [1.82, 2.24) is 10.1 Å². The number of amides is 1. The molecule has 0 fully saturated rings. The molecule has 2 rings (SSSR count). The van der Waals surface area contributed by atoms with Gasteiger partial charge in [0.1, 0.15) is 0 Å². The van der Waals surface area contributed by atoms with Gasteiger partial charge in [-0.2, -0.15) is 13.2 Å². The van der Waals surface area contributed by atoms with Gasteiger partial charge in [0.15, 0.2) is 0 Å². The highest BCUT2D eigenvalue weighted by Crippen LogP contribution is 2.34. The van der Waals surface area contributed by atoms with Crippen molar-refractivity contribution in [2.24, 2.45) is 0 Å². The van der Waals surface area contributed by atoms with Gasteiger partial charge in [0.2, 0.25) is 15.9 Å². The minimum Gasteiger partial charge on any atom is -0.298 e.